The molecule has 1 amide bonds. The number of nitro groups is 1. The van der Waals surface area contributed by atoms with Crippen molar-refractivity contribution >= 4 is 23.0 Å². The zero-order valence-electron chi connectivity index (χ0n) is 14.6. The van der Waals surface area contributed by atoms with E-state index in [-0.39, 0.29) is 17.6 Å². The summed E-state index contributed by atoms with van der Waals surface area (Å²) in [5.41, 5.74) is 1.27. The Bertz CT molecular complexity index is 795. The summed E-state index contributed by atoms with van der Waals surface area (Å²) in [6.07, 6.45) is 1.70. The highest BCUT2D eigenvalue weighted by Crippen LogP contribution is 2.28. The lowest BCUT2D eigenvalue weighted by atomic mass is 10.00. The van der Waals surface area contributed by atoms with E-state index in [2.05, 4.69) is 22.9 Å². The van der Waals surface area contributed by atoms with Crippen LogP contribution in [0.3, 0.4) is 0 Å². The predicted octanol–water partition coefficient (Wildman–Crippen LogP) is 3.21. The second-order valence-electron chi connectivity index (χ2n) is 6.53. The van der Waals surface area contributed by atoms with E-state index in [4.69, 9.17) is 0 Å². The molecule has 1 aliphatic heterocycles. The largest absolute Gasteiger partial charge is 0.350 e. The SMILES string of the molecule is CC1CC(NC(=O)c2ccc(Nc3ccccc3)c([N+](=O)[O-])c2)CCN1. The zero-order valence-corrected chi connectivity index (χ0v) is 14.6. The molecule has 2 aromatic carbocycles. The maximum atomic E-state index is 12.5. The molecule has 2 aromatic rings. The van der Waals surface area contributed by atoms with Crippen LogP contribution in [0.25, 0.3) is 0 Å². The Labute approximate surface area is 152 Å². The first-order valence-corrected chi connectivity index (χ1v) is 8.67. The standard InChI is InChI=1S/C19H22N4O3/c1-13-11-16(9-10-20-13)22-19(24)14-7-8-17(18(12-14)23(25)26)21-15-5-3-2-4-6-15/h2-8,12-13,16,20-21H,9-11H2,1H3,(H,22,24). The number of rotatable bonds is 5. The maximum absolute atomic E-state index is 12.5. The molecule has 1 saturated heterocycles. The van der Waals surface area contributed by atoms with E-state index in [1.165, 1.54) is 6.07 Å². The van der Waals surface area contributed by atoms with Gasteiger partial charge in [-0.3, -0.25) is 14.9 Å². The molecule has 0 spiro atoms. The average Bonchev–Trinajstić information content (AvgIpc) is 2.62. The third-order valence-electron chi connectivity index (χ3n) is 4.47. The summed E-state index contributed by atoms with van der Waals surface area (Å²) in [4.78, 5) is 23.5. The summed E-state index contributed by atoms with van der Waals surface area (Å²) in [6.45, 7) is 2.93. The van der Waals surface area contributed by atoms with Gasteiger partial charge in [0.2, 0.25) is 0 Å². The Kier molecular flexibility index (Phi) is 5.48. The quantitative estimate of drug-likeness (QED) is 0.566. The Morgan fingerprint density at radius 2 is 2.00 bits per heavy atom. The number of anilines is 2. The van der Waals surface area contributed by atoms with Gasteiger partial charge in [0.25, 0.3) is 11.6 Å². The monoisotopic (exact) mass is 354 g/mol. The van der Waals surface area contributed by atoms with Crippen molar-refractivity contribution in [2.75, 3.05) is 11.9 Å². The maximum Gasteiger partial charge on any atom is 0.293 e. The lowest BCUT2D eigenvalue weighted by Crippen LogP contribution is -2.46. The molecule has 3 rings (SSSR count). The van der Waals surface area contributed by atoms with Crippen molar-refractivity contribution < 1.29 is 9.72 Å². The Balaban J connectivity index is 1.77. The number of nitrogens with one attached hydrogen (secondary N) is 3. The van der Waals surface area contributed by atoms with E-state index in [9.17, 15) is 14.9 Å². The van der Waals surface area contributed by atoms with E-state index < -0.39 is 4.92 Å². The number of carbonyl (C=O) groups is 1. The molecule has 7 heteroatoms. The van der Waals surface area contributed by atoms with Gasteiger partial charge in [-0.1, -0.05) is 18.2 Å². The Morgan fingerprint density at radius 1 is 1.23 bits per heavy atom. The Hall–Kier alpha value is -2.93. The van der Waals surface area contributed by atoms with E-state index >= 15 is 0 Å². The van der Waals surface area contributed by atoms with E-state index in [0.717, 1.165) is 25.1 Å². The van der Waals surface area contributed by atoms with Gasteiger partial charge in [-0.15, -0.1) is 0 Å². The molecule has 0 bridgehead atoms. The van der Waals surface area contributed by atoms with Crippen LogP contribution in [0.4, 0.5) is 17.1 Å². The van der Waals surface area contributed by atoms with E-state index in [1.54, 1.807) is 12.1 Å². The molecule has 26 heavy (non-hydrogen) atoms. The van der Waals surface area contributed by atoms with Crippen LogP contribution in [0.2, 0.25) is 0 Å². The fraction of sp³-hybridized carbons (Fsp3) is 0.316. The molecule has 2 atom stereocenters. The number of carbonyl (C=O) groups excluding carboxylic acids is 1. The lowest BCUT2D eigenvalue weighted by molar-refractivity contribution is -0.383. The van der Waals surface area contributed by atoms with Gasteiger partial charge < -0.3 is 16.0 Å². The fourth-order valence-electron chi connectivity index (χ4n) is 3.14. The van der Waals surface area contributed by atoms with E-state index in [0.29, 0.717) is 17.3 Å². The van der Waals surface area contributed by atoms with E-state index in [1.807, 2.05) is 30.3 Å². The second-order valence-corrected chi connectivity index (χ2v) is 6.53. The third-order valence-corrected chi connectivity index (χ3v) is 4.47. The van der Waals surface area contributed by atoms with Crippen LogP contribution in [-0.4, -0.2) is 29.5 Å². The molecule has 0 aliphatic carbocycles. The summed E-state index contributed by atoms with van der Waals surface area (Å²) in [7, 11) is 0. The van der Waals surface area contributed by atoms with Gasteiger partial charge in [0.05, 0.1) is 4.92 Å². The normalized spacial score (nSPS) is 19.6. The van der Waals surface area contributed by atoms with Crippen molar-refractivity contribution in [1.82, 2.24) is 10.6 Å². The van der Waals surface area contributed by atoms with Crippen molar-refractivity contribution in [3.8, 4) is 0 Å². The predicted molar refractivity (Wildman–Crippen MR) is 101 cm³/mol. The number of piperidine rings is 1. The van der Waals surface area contributed by atoms with Gasteiger partial charge in [-0.2, -0.15) is 0 Å². The van der Waals surface area contributed by atoms with Crippen LogP contribution < -0.4 is 16.0 Å². The highest BCUT2D eigenvalue weighted by molar-refractivity contribution is 5.96. The molecule has 7 nitrogen and oxygen atoms in total. The first-order chi connectivity index (χ1) is 12.5. The highest BCUT2D eigenvalue weighted by Gasteiger charge is 2.22. The molecule has 0 saturated carbocycles. The van der Waals surface area contributed by atoms with Crippen LogP contribution in [0.1, 0.15) is 30.1 Å². The molecule has 0 radical (unpaired) electrons. The summed E-state index contributed by atoms with van der Waals surface area (Å²) in [5, 5.41) is 20.8. The number of para-hydroxylation sites is 1. The summed E-state index contributed by atoms with van der Waals surface area (Å²) < 4.78 is 0. The number of nitro benzene ring substituents is 1. The van der Waals surface area contributed by atoms with Gasteiger partial charge in [0, 0.05) is 29.4 Å². The molecule has 3 N–H and O–H groups in total. The number of benzene rings is 2. The van der Waals surface area contributed by atoms with Gasteiger partial charge in [0.1, 0.15) is 5.69 Å². The zero-order chi connectivity index (χ0) is 18.5. The summed E-state index contributed by atoms with van der Waals surface area (Å²) in [6, 6.07) is 14.1. The minimum absolute atomic E-state index is 0.0833. The Morgan fingerprint density at radius 3 is 2.69 bits per heavy atom. The van der Waals surface area contributed by atoms with Gasteiger partial charge in [0.15, 0.2) is 0 Å². The summed E-state index contributed by atoms with van der Waals surface area (Å²) in [5.74, 6) is -0.279. The van der Waals surface area contributed by atoms with Crippen LogP contribution >= 0.6 is 0 Å². The van der Waals surface area contributed by atoms with Gasteiger partial charge in [-0.25, -0.2) is 0 Å². The van der Waals surface area contributed by atoms with Crippen molar-refractivity contribution in [3.05, 3.63) is 64.2 Å². The average molecular weight is 354 g/mol. The fourth-order valence-corrected chi connectivity index (χ4v) is 3.14. The number of amides is 1. The van der Waals surface area contributed by atoms with Crippen molar-refractivity contribution in [2.24, 2.45) is 0 Å². The smallest absolute Gasteiger partial charge is 0.293 e. The molecule has 0 aromatic heterocycles. The minimum atomic E-state index is -0.478. The third kappa shape index (κ3) is 4.37. The van der Waals surface area contributed by atoms with Crippen LogP contribution in [0.15, 0.2) is 48.5 Å². The highest BCUT2D eigenvalue weighted by atomic mass is 16.6. The molecular formula is C19H22N4O3. The molecule has 2 unspecified atom stereocenters. The number of nitrogens with zero attached hydrogens (tertiary/aromatic N) is 1. The first-order valence-electron chi connectivity index (χ1n) is 8.67. The van der Waals surface area contributed by atoms with Crippen molar-refractivity contribution in [2.45, 2.75) is 31.8 Å². The van der Waals surface area contributed by atoms with Crippen molar-refractivity contribution in [1.29, 1.82) is 0 Å². The topological polar surface area (TPSA) is 96.3 Å². The van der Waals surface area contributed by atoms with Crippen LogP contribution in [-0.2, 0) is 0 Å². The second kappa shape index (κ2) is 7.97. The van der Waals surface area contributed by atoms with Crippen LogP contribution in [0.5, 0.6) is 0 Å². The van der Waals surface area contributed by atoms with Gasteiger partial charge in [-0.05, 0) is 50.6 Å². The molecular weight excluding hydrogens is 332 g/mol. The van der Waals surface area contributed by atoms with Crippen molar-refractivity contribution in [3.63, 3.8) is 0 Å². The number of hydrogen-bond acceptors (Lipinski definition) is 5. The van der Waals surface area contributed by atoms with Gasteiger partial charge >= 0.3 is 0 Å². The van der Waals surface area contributed by atoms with Crippen LogP contribution in [0, 0.1) is 10.1 Å². The summed E-state index contributed by atoms with van der Waals surface area (Å²) >= 11 is 0. The number of hydrogen-bond donors (Lipinski definition) is 3. The molecule has 1 heterocycles. The molecule has 1 aliphatic rings. The first kappa shape index (κ1) is 17.9. The minimum Gasteiger partial charge on any atom is -0.350 e. The molecule has 1 fully saturated rings. The lowest BCUT2D eigenvalue weighted by Gasteiger charge is -2.28. The molecule has 136 valence electrons.